The number of ether oxygens (including phenoxy) is 2. The van der Waals surface area contributed by atoms with Gasteiger partial charge in [-0.1, -0.05) is 13.8 Å². The van der Waals surface area contributed by atoms with E-state index in [9.17, 15) is 9.59 Å². The normalized spacial score (nSPS) is 17.9. The summed E-state index contributed by atoms with van der Waals surface area (Å²) in [4.78, 5) is 27.9. The molecule has 1 aliphatic rings. The van der Waals surface area contributed by atoms with Gasteiger partial charge in [0.1, 0.15) is 17.5 Å². The number of carbonyl (C=O) groups excluding carboxylic acids is 2. The van der Waals surface area contributed by atoms with Gasteiger partial charge in [0, 0.05) is 24.7 Å². The molecule has 0 bridgehead atoms. The molecule has 7 nitrogen and oxygen atoms in total. The van der Waals surface area contributed by atoms with E-state index in [1.54, 1.807) is 18.2 Å². The van der Waals surface area contributed by atoms with Gasteiger partial charge in [0.15, 0.2) is 0 Å². The first kappa shape index (κ1) is 22.0. The molecule has 1 saturated heterocycles. The van der Waals surface area contributed by atoms with Crippen molar-refractivity contribution >= 4 is 11.8 Å². The van der Waals surface area contributed by atoms with Crippen LogP contribution in [-0.4, -0.2) is 63.7 Å². The molecule has 0 aliphatic carbocycles. The second-order valence-corrected chi connectivity index (χ2v) is 7.65. The number of likely N-dealkylation sites (tertiary alicyclic amines) is 1. The summed E-state index contributed by atoms with van der Waals surface area (Å²) < 4.78 is 10.5. The average molecular weight is 392 g/mol. The maximum Gasteiger partial charge on any atom is 0.252 e. The molecule has 156 valence electrons. The van der Waals surface area contributed by atoms with Gasteiger partial charge in [0.2, 0.25) is 5.91 Å². The highest BCUT2D eigenvalue weighted by Crippen LogP contribution is 2.23. The fourth-order valence-electron chi connectivity index (χ4n) is 3.59. The Morgan fingerprint density at radius 1 is 1.18 bits per heavy atom. The third-order valence-corrected chi connectivity index (χ3v) is 5.16. The zero-order valence-electron chi connectivity index (χ0n) is 17.6. The molecule has 2 unspecified atom stereocenters. The summed E-state index contributed by atoms with van der Waals surface area (Å²) in [6, 6.07) is 4.42. The van der Waals surface area contributed by atoms with Gasteiger partial charge in [-0.2, -0.15) is 0 Å². The van der Waals surface area contributed by atoms with E-state index in [1.165, 1.54) is 14.2 Å². The van der Waals surface area contributed by atoms with Crippen molar-refractivity contribution in [2.75, 3.05) is 40.9 Å². The summed E-state index contributed by atoms with van der Waals surface area (Å²) in [6.45, 7) is 6.26. The van der Waals surface area contributed by atoms with E-state index >= 15 is 0 Å². The van der Waals surface area contributed by atoms with Gasteiger partial charge < -0.3 is 25.0 Å². The quantitative estimate of drug-likeness (QED) is 0.708. The Kier molecular flexibility index (Phi) is 8.11. The highest BCUT2D eigenvalue weighted by atomic mass is 16.5. The molecule has 2 amide bonds. The second kappa shape index (κ2) is 10.3. The zero-order valence-corrected chi connectivity index (χ0v) is 17.6. The molecule has 2 N–H and O–H groups in total. The van der Waals surface area contributed by atoms with E-state index < -0.39 is 6.04 Å². The Morgan fingerprint density at radius 2 is 1.82 bits per heavy atom. The summed E-state index contributed by atoms with van der Waals surface area (Å²) in [5, 5.41) is 6.12. The van der Waals surface area contributed by atoms with Crippen LogP contribution in [0.4, 0.5) is 0 Å². The second-order valence-electron chi connectivity index (χ2n) is 7.65. The van der Waals surface area contributed by atoms with E-state index in [-0.39, 0.29) is 17.7 Å². The van der Waals surface area contributed by atoms with Crippen LogP contribution in [-0.2, 0) is 4.79 Å². The Labute approximate surface area is 167 Å². The molecular formula is C21H33N3O4. The number of amides is 2. The van der Waals surface area contributed by atoms with Crippen LogP contribution in [0.5, 0.6) is 11.5 Å². The van der Waals surface area contributed by atoms with E-state index in [4.69, 9.17) is 9.47 Å². The number of hydrogen-bond donors (Lipinski definition) is 2. The predicted octanol–water partition coefficient (Wildman–Crippen LogP) is 1.92. The van der Waals surface area contributed by atoms with E-state index in [0.29, 0.717) is 23.0 Å². The van der Waals surface area contributed by atoms with Gasteiger partial charge in [0.25, 0.3) is 5.91 Å². The maximum absolute atomic E-state index is 13.1. The van der Waals surface area contributed by atoms with Crippen molar-refractivity contribution < 1.29 is 19.1 Å². The predicted molar refractivity (Wildman–Crippen MR) is 109 cm³/mol. The first-order chi connectivity index (χ1) is 13.4. The monoisotopic (exact) mass is 391 g/mol. The van der Waals surface area contributed by atoms with Gasteiger partial charge in [-0.15, -0.1) is 0 Å². The lowest BCUT2D eigenvalue weighted by molar-refractivity contribution is -0.136. The van der Waals surface area contributed by atoms with Crippen LogP contribution in [0, 0.1) is 11.8 Å². The van der Waals surface area contributed by atoms with Crippen LogP contribution < -0.4 is 20.1 Å². The molecule has 1 heterocycles. The summed E-state index contributed by atoms with van der Waals surface area (Å²) in [5.74, 6) is 1.17. The fourth-order valence-corrected chi connectivity index (χ4v) is 3.59. The topological polar surface area (TPSA) is 79.9 Å². The number of hydrogen-bond acceptors (Lipinski definition) is 5. The molecule has 28 heavy (non-hydrogen) atoms. The van der Waals surface area contributed by atoms with Gasteiger partial charge in [0.05, 0.1) is 14.2 Å². The molecule has 1 aromatic carbocycles. The Morgan fingerprint density at radius 3 is 2.36 bits per heavy atom. The first-order valence-corrected chi connectivity index (χ1v) is 9.86. The van der Waals surface area contributed by atoms with E-state index in [1.807, 2.05) is 25.8 Å². The summed E-state index contributed by atoms with van der Waals surface area (Å²) in [7, 11) is 5.00. The number of carbonyl (C=O) groups is 2. The molecule has 0 saturated carbocycles. The van der Waals surface area contributed by atoms with Gasteiger partial charge >= 0.3 is 0 Å². The Balaban J connectivity index is 2.13. The third kappa shape index (κ3) is 5.61. The highest BCUT2D eigenvalue weighted by Gasteiger charge is 2.32. The lowest BCUT2D eigenvalue weighted by Crippen LogP contribution is -2.54. The molecule has 1 aliphatic heterocycles. The minimum absolute atomic E-state index is 0.0148. The van der Waals surface area contributed by atoms with Crippen molar-refractivity contribution in [3.8, 4) is 11.5 Å². The van der Waals surface area contributed by atoms with Crippen molar-refractivity contribution in [1.29, 1.82) is 0 Å². The maximum atomic E-state index is 13.1. The van der Waals surface area contributed by atoms with E-state index in [2.05, 4.69) is 10.6 Å². The van der Waals surface area contributed by atoms with Crippen LogP contribution in [0.3, 0.4) is 0 Å². The number of rotatable bonds is 8. The lowest BCUT2D eigenvalue weighted by atomic mass is 9.95. The molecule has 0 aromatic heterocycles. The SMILES string of the molecule is CNCC1CCCN(C(=O)C(NC(=O)c2cc(OC)cc(OC)c2)C(C)C)C1. The number of piperidine rings is 1. The molecular weight excluding hydrogens is 358 g/mol. The first-order valence-electron chi connectivity index (χ1n) is 9.86. The largest absolute Gasteiger partial charge is 0.497 e. The molecule has 7 heteroatoms. The third-order valence-electron chi connectivity index (χ3n) is 5.16. The van der Waals surface area contributed by atoms with E-state index in [0.717, 1.165) is 32.5 Å². The summed E-state index contributed by atoms with van der Waals surface area (Å²) in [5.41, 5.74) is 0.404. The Hall–Kier alpha value is -2.28. The van der Waals surface area contributed by atoms with Crippen LogP contribution in [0.1, 0.15) is 37.0 Å². The van der Waals surface area contributed by atoms with Crippen molar-refractivity contribution in [3.05, 3.63) is 23.8 Å². The van der Waals surface area contributed by atoms with Crippen molar-refractivity contribution in [1.82, 2.24) is 15.5 Å². The molecule has 2 atom stereocenters. The van der Waals surface area contributed by atoms with Crippen molar-refractivity contribution in [2.45, 2.75) is 32.7 Å². The van der Waals surface area contributed by atoms with Crippen LogP contribution in [0.25, 0.3) is 0 Å². The van der Waals surface area contributed by atoms with Crippen molar-refractivity contribution in [2.24, 2.45) is 11.8 Å². The molecule has 1 fully saturated rings. The zero-order chi connectivity index (χ0) is 20.7. The summed E-state index contributed by atoms with van der Waals surface area (Å²) in [6.07, 6.45) is 2.11. The van der Waals surface area contributed by atoms with Crippen molar-refractivity contribution in [3.63, 3.8) is 0 Å². The molecule has 0 radical (unpaired) electrons. The minimum Gasteiger partial charge on any atom is -0.497 e. The highest BCUT2D eigenvalue weighted by molar-refractivity contribution is 5.98. The van der Waals surface area contributed by atoms with Gasteiger partial charge in [-0.25, -0.2) is 0 Å². The van der Waals surface area contributed by atoms with Crippen LogP contribution in [0.2, 0.25) is 0 Å². The fraction of sp³-hybridized carbons (Fsp3) is 0.619. The number of methoxy groups -OCH3 is 2. The standard InChI is InChI=1S/C21H33N3O4/c1-14(2)19(21(26)24-8-6-7-15(13-24)12-22-3)23-20(25)16-9-17(27-4)11-18(10-16)28-5/h9-11,14-15,19,22H,6-8,12-13H2,1-5H3,(H,23,25). The number of nitrogens with one attached hydrogen (secondary N) is 2. The Bertz CT molecular complexity index is 653. The average Bonchev–Trinajstić information content (AvgIpc) is 2.71. The molecule has 2 rings (SSSR count). The lowest BCUT2D eigenvalue weighted by Gasteiger charge is -2.36. The van der Waals surface area contributed by atoms with Crippen LogP contribution >= 0.6 is 0 Å². The molecule has 1 aromatic rings. The van der Waals surface area contributed by atoms with Crippen LogP contribution in [0.15, 0.2) is 18.2 Å². The molecule has 0 spiro atoms. The number of nitrogens with zero attached hydrogens (tertiary/aromatic N) is 1. The smallest absolute Gasteiger partial charge is 0.252 e. The van der Waals surface area contributed by atoms with Gasteiger partial charge in [-0.05, 0) is 50.4 Å². The van der Waals surface area contributed by atoms with Gasteiger partial charge in [-0.3, -0.25) is 9.59 Å². The minimum atomic E-state index is -0.571. The summed E-state index contributed by atoms with van der Waals surface area (Å²) >= 11 is 0. The number of benzene rings is 1.